The number of hydrogen-bond donors (Lipinski definition) is 2. The van der Waals surface area contributed by atoms with E-state index in [-0.39, 0.29) is 0 Å². The van der Waals surface area contributed by atoms with Crippen LogP contribution in [0.3, 0.4) is 0 Å². The molecule has 20 heavy (non-hydrogen) atoms. The zero-order valence-corrected chi connectivity index (χ0v) is 10.8. The molecule has 0 saturated carbocycles. The largest absolute Gasteiger partial charge is 0.354 e. The summed E-state index contributed by atoms with van der Waals surface area (Å²) in [4.78, 5) is 11.1. The summed E-state index contributed by atoms with van der Waals surface area (Å²) in [6, 6.07) is 14.6. The molecule has 3 heteroatoms. The minimum atomic E-state index is 0.968. The van der Waals surface area contributed by atoms with Crippen molar-refractivity contribution in [3.63, 3.8) is 0 Å². The minimum absolute atomic E-state index is 0.968. The Balaban J connectivity index is 1.72. The normalized spacial score (nSPS) is 15.7. The van der Waals surface area contributed by atoms with Crippen LogP contribution in [0, 0.1) is 0 Å². The molecular weight excluding hydrogens is 246 g/mol. The molecular formula is C17H13N3. The van der Waals surface area contributed by atoms with Crippen LogP contribution in [0.5, 0.6) is 0 Å². The lowest BCUT2D eigenvalue weighted by Gasteiger charge is -1.93. The first-order valence-corrected chi connectivity index (χ1v) is 6.58. The van der Waals surface area contributed by atoms with Gasteiger partial charge in [0.2, 0.25) is 0 Å². The summed E-state index contributed by atoms with van der Waals surface area (Å²) >= 11 is 0. The first kappa shape index (κ1) is 11.1. The Bertz CT molecular complexity index is 812. The van der Waals surface area contributed by atoms with Gasteiger partial charge in [-0.1, -0.05) is 18.2 Å². The molecule has 0 radical (unpaired) electrons. The molecule has 3 heterocycles. The molecule has 2 aromatic heterocycles. The monoisotopic (exact) mass is 259 g/mol. The van der Waals surface area contributed by atoms with Gasteiger partial charge in [0.25, 0.3) is 0 Å². The van der Waals surface area contributed by atoms with E-state index in [1.165, 1.54) is 5.39 Å². The number of benzene rings is 1. The number of rotatable bonds is 2. The molecule has 96 valence electrons. The number of aromatic amines is 2. The third-order valence-corrected chi connectivity index (χ3v) is 3.41. The number of para-hydroxylation sites is 1. The smallest absolute Gasteiger partial charge is 0.0650 e. The number of allylic oxidation sites excluding steroid dienone is 2. The fraction of sp³-hybridized carbons (Fsp3) is 0. The first-order valence-electron chi connectivity index (χ1n) is 6.58. The maximum absolute atomic E-state index is 4.24. The molecule has 0 spiro atoms. The summed E-state index contributed by atoms with van der Waals surface area (Å²) in [7, 11) is 0. The average Bonchev–Trinajstić information content (AvgIpc) is 3.18. The van der Waals surface area contributed by atoms with E-state index in [1.807, 2.05) is 24.3 Å². The van der Waals surface area contributed by atoms with Gasteiger partial charge in [0.1, 0.15) is 0 Å². The lowest BCUT2D eigenvalue weighted by atomic mass is 10.2. The predicted octanol–water partition coefficient (Wildman–Crippen LogP) is 4.14. The molecule has 0 saturated heterocycles. The van der Waals surface area contributed by atoms with Gasteiger partial charge >= 0.3 is 0 Å². The molecule has 3 aromatic rings. The lowest BCUT2D eigenvalue weighted by Crippen LogP contribution is -1.78. The van der Waals surface area contributed by atoms with E-state index in [1.54, 1.807) is 6.21 Å². The Morgan fingerprint density at radius 1 is 0.950 bits per heavy atom. The molecule has 0 aliphatic carbocycles. The van der Waals surface area contributed by atoms with Gasteiger partial charge in [0, 0.05) is 22.8 Å². The van der Waals surface area contributed by atoms with Crippen molar-refractivity contribution < 1.29 is 0 Å². The number of fused-ring (bicyclic) bond motifs is 1. The van der Waals surface area contributed by atoms with Crippen LogP contribution in [0.1, 0.15) is 5.69 Å². The molecule has 0 unspecified atom stereocenters. The maximum Gasteiger partial charge on any atom is 0.0650 e. The van der Waals surface area contributed by atoms with Crippen LogP contribution in [-0.4, -0.2) is 16.2 Å². The van der Waals surface area contributed by atoms with Crippen molar-refractivity contribution in [2.75, 3.05) is 0 Å². The van der Waals surface area contributed by atoms with Crippen molar-refractivity contribution in [1.29, 1.82) is 0 Å². The minimum Gasteiger partial charge on any atom is -0.354 e. The Kier molecular flexibility index (Phi) is 2.42. The molecule has 3 nitrogen and oxygen atoms in total. The summed E-state index contributed by atoms with van der Waals surface area (Å²) in [5.74, 6) is 0. The van der Waals surface area contributed by atoms with Crippen molar-refractivity contribution in [3.05, 3.63) is 66.0 Å². The number of H-pyrrole nitrogens is 2. The van der Waals surface area contributed by atoms with E-state index in [2.05, 4.69) is 51.4 Å². The fourth-order valence-corrected chi connectivity index (χ4v) is 2.43. The highest BCUT2D eigenvalue weighted by atomic mass is 14.8. The van der Waals surface area contributed by atoms with Crippen molar-refractivity contribution in [3.8, 4) is 11.4 Å². The highest BCUT2D eigenvalue weighted by molar-refractivity contribution is 5.85. The Hall–Kier alpha value is -2.81. The summed E-state index contributed by atoms with van der Waals surface area (Å²) in [6.07, 6.45) is 7.76. The van der Waals surface area contributed by atoms with Crippen LogP contribution in [0.25, 0.3) is 28.4 Å². The van der Waals surface area contributed by atoms with Crippen LogP contribution < -0.4 is 0 Å². The van der Waals surface area contributed by atoms with Crippen LogP contribution in [0.4, 0.5) is 0 Å². The summed E-state index contributed by atoms with van der Waals surface area (Å²) in [5, 5.41) is 1.22. The van der Waals surface area contributed by atoms with E-state index in [4.69, 9.17) is 0 Å². The molecule has 0 bridgehead atoms. The van der Waals surface area contributed by atoms with Crippen LogP contribution in [0.15, 0.2) is 65.3 Å². The van der Waals surface area contributed by atoms with Gasteiger partial charge in [-0.05, 0) is 42.5 Å². The van der Waals surface area contributed by atoms with Gasteiger partial charge in [-0.15, -0.1) is 0 Å². The highest BCUT2D eigenvalue weighted by Gasteiger charge is 2.05. The van der Waals surface area contributed by atoms with Crippen LogP contribution >= 0.6 is 0 Å². The second kappa shape index (κ2) is 4.38. The summed E-state index contributed by atoms with van der Waals surface area (Å²) in [6.45, 7) is 0. The van der Waals surface area contributed by atoms with Gasteiger partial charge in [0.15, 0.2) is 0 Å². The van der Waals surface area contributed by atoms with E-state index in [0.29, 0.717) is 0 Å². The molecule has 1 aliphatic rings. The molecule has 0 amide bonds. The lowest BCUT2D eigenvalue weighted by molar-refractivity contribution is 1.32. The third kappa shape index (κ3) is 1.89. The van der Waals surface area contributed by atoms with Crippen molar-refractivity contribution in [1.82, 2.24) is 9.97 Å². The van der Waals surface area contributed by atoms with Gasteiger partial charge < -0.3 is 9.97 Å². The van der Waals surface area contributed by atoms with Crippen LogP contribution in [-0.2, 0) is 0 Å². The number of nitrogens with zero attached hydrogens (tertiary/aromatic N) is 1. The maximum atomic E-state index is 4.24. The number of nitrogens with one attached hydrogen (secondary N) is 2. The van der Waals surface area contributed by atoms with E-state index in [9.17, 15) is 0 Å². The second-order valence-corrected chi connectivity index (χ2v) is 4.80. The Labute approximate surface area is 116 Å². The highest BCUT2D eigenvalue weighted by Crippen LogP contribution is 2.24. The molecule has 1 aliphatic heterocycles. The van der Waals surface area contributed by atoms with Gasteiger partial charge in [-0.25, -0.2) is 0 Å². The summed E-state index contributed by atoms with van der Waals surface area (Å²) < 4.78 is 0. The van der Waals surface area contributed by atoms with E-state index >= 15 is 0 Å². The van der Waals surface area contributed by atoms with Gasteiger partial charge in [-0.2, -0.15) is 0 Å². The predicted molar refractivity (Wildman–Crippen MR) is 83.7 cm³/mol. The number of aromatic nitrogens is 2. The Morgan fingerprint density at radius 3 is 2.75 bits per heavy atom. The third-order valence-electron chi connectivity index (χ3n) is 3.41. The Morgan fingerprint density at radius 2 is 1.90 bits per heavy atom. The van der Waals surface area contributed by atoms with Gasteiger partial charge in [-0.3, -0.25) is 4.99 Å². The summed E-state index contributed by atoms with van der Waals surface area (Å²) in [5.41, 5.74) is 5.35. The second-order valence-electron chi connectivity index (χ2n) is 4.80. The quantitative estimate of drug-likeness (QED) is 0.694. The zero-order valence-electron chi connectivity index (χ0n) is 10.8. The average molecular weight is 259 g/mol. The number of aliphatic imine (C=N–C) groups is 1. The topological polar surface area (TPSA) is 43.9 Å². The molecule has 2 N–H and O–H groups in total. The number of hydrogen-bond acceptors (Lipinski definition) is 1. The molecule has 1 aromatic carbocycles. The van der Waals surface area contributed by atoms with E-state index in [0.717, 1.165) is 28.3 Å². The van der Waals surface area contributed by atoms with E-state index < -0.39 is 0 Å². The van der Waals surface area contributed by atoms with Gasteiger partial charge in [0.05, 0.1) is 17.1 Å². The molecule has 0 fully saturated rings. The van der Waals surface area contributed by atoms with Crippen molar-refractivity contribution in [2.45, 2.75) is 0 Å². The standard InChI is InChI=1S/C17H13N3/c1-2-6-15-12(4-1)10-17(20-15)16-8-7-14(19-16)11-13-5-3-9-18-13/h1-11,19-20H. The zero-order chi connectivity index (χ0) is 13.4. The SMILES string of the molecule is C1=CC(=Cc2ccc(-c3cc4ccccc4[nH]3)[nH]2)N=C1. The van der Waals surface area contributed by atoms with Crippen molar-refractivity contribution in [2.24, 2.45) is 4.99 Å². The van der Waals surface area contributed by atoms with Crippen molar-refractivity contribution >= 4 is 23.2 Å². The molecule has 4 rings (SSSR count). The molecule has 0 atom stereocenters. The first-order chi connectivity index (χ1) is 9.88. The van der Waals surface area contributed by atoms with Crippen LogP contribution in [0.2, 0.25) is 0 Å². The fourth-order valence-electron chi connectivity index (χ4n) is 2.43.